The zero-order valence-electron chi connectivity index (χ0n) is 22.4. The fourth-order valence-electron chi connectivity index (χ4n) is 4.71. The van der Waals surface area contributed by atoms with Gasteiger partial charge in [-0.1, -0.05) is 54.8 Å². The van der Waals surface area contributed by atoms with Crippen LogP contribution in [0, 0.1) is 0 Å². The predicted molar refractivity (Wildman–Crippen MR) is 151 cm³/mol. The van der Waals surface area contributed by atoms with E-state index in [9.17, 15) is 18.0 Å². The standard InChI is InChI=1S/C28H38ClN3O5S/c1-4-37-26-17-10-9-16-25(26)32(38(3,35)36)19-11-18-27(33)31(20-22-12-5-8-15-24(22)29)21(2)28(34)30-23-13-6-7-14-23/h5,8-10,12,15-17,21,23H,4,6-7,11,13-14,18-20H2,1-3H3,(H,30,34)/t21-/m0/s1. The molecule has 208 valence electrons. The quantitative estimate of drug-likeness (QED) is 0.379. The van der Waals surface area contributed by atoms with Crippen LogP contribution >= 0.6 is 11.6 Å². The van der Waals surface area contributed by atoms with Crippen LogP contribution in [0.3, 0.4) is 0 Å². The number of sulfonamides is 1. The van der Waals surface area contributed by atoms with Crippen LogP contribution in [0.5, 0.6) is 5.75 Å². The highest BCUT2D eigenvalue weighted by atomic mass is 35.5. The Morgan fingerprint density at radius 3 is 2.42 bits per heavy atom. The number of halogens is 1. The fraction of sp³-hybridized carbons (Fsp3) is 0.500. The molecule has 1 N–H and O–H groups in total. The molecule has 1 atom stereocenters. The third-order valence-electron chi connectivity index (χ3n) is 6.75. The van der Waals surface area contributed by atoms with Crippen LogP contribution in [-0.4, -0.2) is 56.6 Å². The molecule has 3 rings (SSSR count). The smallest absolute Gasteiger partial charge is 0.242 e. The lowest BCUT2D eigenvalue weighted by molar-refractivity contribution is -0.140. The van der Waals surface area contributed by atoms with Gasteiger partial charge < -0.3 is 15.0 Å². The van der Waals surface area contributed by atoms with Gasteiger partial charge in [0.2, 0.25) is 21.8 Å². The van der Waals surface area contributed by atoms with Crippen LogP contribution in [0.1, 0.15) is 57.9 Å². The van der Waals surface area contributed by atoms with Gasteiger partial charge >= 0.3 is 0 Å². The Hall–Kier alpha value is -2.78. The molecule has 38 heavy (non-hydrogen) atoms. The second kappa shape index (κ2) is 13.8. The van der Waals surface area contributed by atoms with E-state index in [0.717, 1.165) is 37.5 Å². The van der Waals surface area contributed by atoms with Gasteiger partial charge in [0.15, 0.2) is 0 Å². The molecule has 1 aliphatic carbocycles. The summed E-state index contributed by atoms with van der Waals surface area (Å²) in [5, 5.41) is 3.60. The van der Waals surface area contributed by atoms with Gasteiger partial charge in [0.05, 0.1) is 18.6 Å². The van der Waals surface area contributed by atoms with E-state index in [1.54, 1.807) is 37.3 Å². The van der Waals surface area contributed by atoms with Crippen molar-refractivity contribution < 1.29 is 22.7 Å². The average molecular weight is 564 g/mol. The monoisotopic (exact) mass is 563 g/mol. The molecule has 0 radical (unpaired) electrons. The van der Waals surface area contributed by atoms with Gasteiger partial charge in [-0.15, -0.1) is 0 Å². The molecule has 0 unspecified atom stereocenters. The Bertz CT molecular complexity index is 1200. The number of ether oxygens (including phenoxy) is 1. The number of para-hydroxylation sites is 2. The first-order valence-corrected chi connectivity index (χ1v) is 15.4. The number of anilines is 1. The van der Waals surface area contributed by atoms with Crippen LogP contribution < -0.4 is 14.4 Å². The molecule has 8 nitrogen and oxygen atoms in total. The third kappa shape index (κ3) is 8.11. The summed E-state index contributed by atoms with van der Waals surface area (Å²) in [5.41, 5.74) is 1.17. The summed E-state index contributed by atoms with van der Waals surface area (Å²) in [6.07, 6.45) is 5.53. The highest BCUT2D eigenvalue weighted by molar-refractivity contribution is 7.92. The van der Waals surface area contributed by atoms with Crippen LogP contribution in [-0.2, 0) is 26.2 Å². The normalized spacial score (nSPS) is 14.6. The second-order valence-corrected chi connectivity index (χ2v) is 11.9. The van der Waals surface area contributed by atoms with E-state index < -0.39 is 16.1 Å². The molecule has 0 aromatic heterocycles. The van der Waals surface area contributed by atoms with Gasteiger partial charge in [-0.05, 0) is 56.9 Å². The first-order chi connectivity index (χ1) is 18.1. The van der Waals surface area contributed by atoms with Crippen LogP contribution in [0.15, 0.2) is 48.5 Å². The number of hydrogen-bond acceptors (Lipinski definition) is 5. The van der Waals surface area contributed by atoms with Crippen molar-refractivity contribution in [3.63, 3.8) is 0 Å². The molecular weight excluding hydrogens is 526 g/mol. The minimum atomic E-state index is -3.63. The summed E-state index contributed by atoms with van der Waals surface area (Å²) in [4.78, 5) is 28.1. The predicted octanol–water partition coefficient (Wildman–Crippen LogP) is 4.76. The maximum absolute atomic E-state index is 13.5. The van der Waals surface area contributed by atoms with Gasteiger partial charge in [0.25, 0.3) is 0 Å². The Morgan fingerprint density at radius 1 is 1.11 bits per heavy atom. The number of carbonyl (C=O) groups is 2. The number of nitrogens with zero attached hydrogens (tertiary/aromatic N) is 2. The molecule has 10 heteroatoms. The van der Waals surface area contributed by atoms with E-state index in [1.807, 2.05) is 25.1 Å². The molecule has 0 aliphatic heterocycles. The van der Waals surface area contributed by atoms with Crippen molar-refractivity contribution in [1.29, 1.82) is 0 Å². The van der Waals surface area contributed by atoms with E-state index in [2.05, 4.69) is 5.32 Å². The lowest BCUT2D eigenvalue weighted by atomic mass is 10.1. The van der Waals surface area contributed by atoms with Crippen molar-refractivity contribution in [2.45, 2.75) is 71.0 Å². The van der Waals surface area contributed by atoms with Gasteiger partial charge in [-0.3, -0.25) is 13.9 Å². The Morgan fingerprint density at radius 2 is 1.76 bits per heavy atom. The SMILES string of the molecule is CCOc1ccccc1N(CCCC(=O)N(Cc1ccccc1Cl)[C@@H](C)C(=O)NC1CCCC1)S(C)(=O)=O. The maximum atomic E-state index is 13.5. The number of rotatable bonds is 13. The largest absolute Gasteiger partial charge is 0.492 e. The molecule has 1 fully saturated rings. The van der Waals surface area contributed by atoms with Crippen LogP contribution in [0.25, 0.3) is 0 Å². The van der Waals surface area contributed by atoms with Crippen molar-refractivity contribution in [2.75, 3.05) is 23.7 Å². The van der Waals surface area contributed by atoms with Gasteiger partial charge in [-0.25, -0.2) is 8.42 Å². The van der Waals surface area contributed by atoms with Gasteiger partial charge in [0, 0.05) is 30.6 Å². The van der Waals surface area contributed by atoms with Crippen LogP contribution in [0.2, 0.25) is 5.02 Å². The number of carbonyl (C=O) groups excluding carboxylic acids is 2. The highest BCUT2D eigenvalue weighted by Gasteiger charge is 2.29. The lowest BCUT2D eigenvalue weighted by Gasteiger charge is -2.30. The highest BCUT2D eigenvalue weighted by Crippen LogP contribution is 2.30. The zero-order valence-corrected chi connectivity index (χ0v) is 23.9. The van der Waals surface area contributed by atoms with E-state index in [4.69, 9.17) is 16.3 Å². The minimum Gasteiger partial charge on any atom is -0.492 e. The molecule has 0 bridgehead atoms. The lowest BCUT2D eigenvalue weighted by Crippen LogP contribution is -2.49. The van der Waals surface area contributed by atoms with E-state index in [-0.39, 0.29) is 43.8 Å². The van der Waals surface area contributed by atoms with E-state index in [0.29, 0.717) is 23.1 Å². The third-order valence-corrected chi connectivity index (χ3v) is 8.30. The molecule has 0 saturated heterocycles. The van der Waals surface area contributed by atoms with Crippen LogP contribution in [0.4, 0.5) is 5.69 Å². The minimum absolute atomic E-state index is 0.0638. The van der Waals surface area contributed by atoms with Crippen molar-refractivity contribution in [2.24, 2.45) is 0 Å². The Labute approximate surface area is 231 Å². The van der Waals surface area contributed by atoms with Gasteiger partial charge in [0.1, 0.15) is 11.8 Å². The summed E-state index contributed by atoms with van der Waals surface area (Å²) in [5.74, 6) is 0.0237. The first kappa shape index (κ1) is 29.8. The van der Waals surface area contributed by atoms with E-state index >= 15 is 0 Å². The van der Waals surface area contributed by atoms with Gasteiger partial charge in [-0.2, -0.15) is 0 Å². The summed E-state index contributed by atoms with van der Waals surface area (Å²) in [6, 6.07) is 13.6. The molecule has 1 saturated carbocycles. The number of amides is 2. The molecule has 0 spiro atoms. The molecule has 1 aliphatic rings. The number of benzene rings is 2. The van der Waals surface area contributed by atoms with E-state index in [1.165, 1.54) is 9.21 Å². The van der Waals surface area contributed by atoms with Crippen molar-refractivity contribution in [3.05, 3.63) is 59.1 Å². The zero-order chi connectivity index (χ0) is 27.7. The average Bonchev–Trinajstić information content (AvgIpc) is 3.39. The summed E-state index contributed by atoms with van der Waals surface area (Å²) < 4.78 is 32.2. The Balaban J connectivity index is 1.75. The fourth-order valence-corrected chi connectivity index (χ4v) is 5.87. The van der Waals surface area contributed by atoms with Crippen molar-refractivity contribution in [3.8, 4) is 5.75 Å². The molecule has 2 aromatic rings. The number of nitrogens with one attached hydrogen (secondary N) is 1. The summed E-state index contributed by atoms with van der Waals surface area (Å²) in [7, 11) is -3.63. The molecule has 0 heterocycles. The first-order valence-electron chi connectivity index (χ1n) is 13.1. The van der Waals surface area contributed by atoms with Crippen molar-refractivity contribution >= 4 is 39.1 Å². The maximum Gasteiger partial charge on any atom is 0.242 e. The topological polar surface area (TPSA) is 96.0 Å². The second-order valence-electron chi connectivity index (χ2n) is 9.62. The molecule has 2 amide bonds. The summed E-state index contributed by atoms with van der Waals surface area (Å²) >= 11 is 6.38. The Kier molecular flexibility index (Phi) is 10.8. The molecular formula is C28H38ClN3O5S. The molecule has 2 aromatic carbocycles. The van der Waals surface area contributed by atoms with Crippen molar-refractivity contribution in [1.82, 2.24) is 10.2 Å². The summed E-state index contributed by atoms with van der Waals surface area (Å²) in [6.45, 7) is 4.22. The number of hydrogen-bond donors (Lipinski definition) is 1.